The van der Waals surface area contributed by atoms with Gasteiger partial charge in [-0.15, -0.1) is 0 Å². The van der Waals surface area contributed by atoms with E-state index in [9.17, 15) is 0 Å². The van der Waals surface area contributed by atoms with E-state index in [1.807, 2.05) is 6.20 Å². The third-order valence-corrected chi connectivity index (χ3v) is 4.72. The van der Waals surface area contributed by atoms with Crippen LogP contribution in [0.15, 0.2) is 30.5 Å². The zero-order valence-corrected chi connectivity index (χ0v) is 14.7. The molecule has 0 bridgehead atoms. The fourth-order valence-corrected chi connectivity index (χ4v) is 3.37. The first-order valence-corrected chi connectivity index (χ1v) is 8.79. The molecule has 0 spiro atoms. The van der Waals surface area contributed by atoms with Crippen molar-refractivity contribution in [1.29, 1.82) is 0 Å². The van der Waals surface area contributed by atoms with Crippen LogP contribution in [0.1, 0.15) is 36.5 Å². The Labute approximate surface area is 144 Å². The lowest BCUT2D eigenvalue weighted by atomic mass is 10.1. The monoisotopic (exact) mass is 325 g/mol. The minimum absolute atomic E-state index is 0.333. The molecule has 1 aliphatic heterocycles. The minimum atomic E-state index is 0.333. The first-order chi connectivity index (χ1) is 11.7. The first kappa shape index (κ1) is 16.7. The molecule has 0 radical (unpaired) electrons. The fourth-order valence-electron chi connectivity index (χ4n) is 3.37. The van der Waals surface area contributed by atoms with Gasteiger partial charge in [-0.1, -0.05) is 31.2 Å². The van der Waals surface area contributed by atoms with Gasteiger partial charge in [0.05, 0.1) is 0 Å². The number of aromatic nitrogens is 2. The highest BCUT2D eigenvalue weighted by Gasteiger charge is 2.15. The van der Waals surface area contributed by atoms with Gasteiger partial charge in [-0.25, -0.2) is 4.98 Å². The number of hydrogen-bond donors (Lipinski definition) is 1. The average molecular weight is 325 g/mol. The Morgan fingerprint density at radius 2 is 1.83 bits per heavy atom. The Morgan fingerprint density at radius 1 is 1.12 bits per heavy atom. The summed E-state index contributed by atoms with van der Waals surface area (Å²) in [7, 11) is 2.08. The lowest BCUT2D eigenvalue weighted by Gasteiger charge is -2.24. The van der Waals surface area contributed by atoms with Crippen LogP contribution in [0.5, 0.6) is 0 Å². The molecule has 0 atom stereocenters. The highest BCUT2D eigenvalue weighted by Crippen LogP contribution is 2.22. The number of aryl methyl sites for hydroxylation is 1. The van der Waals surface area contributed by atoms with Crippen LogP contribution in [0.2, 0.25) is 0 Å². The largest absolute Gasteiger partial charge is 0.368 e. The summed E-state index contributed by atoms with van der Waals surface area (Å²) in [5.74, 6) is 1.26. The zero-order chi connectivity index (χ0) is 16.9. The van der Waals surface area contributed by atoms with Crippen LogP contribution in [0.25, 0.3) is 0 Å². The number of likely N-dealkylation sites (tertiary alicyclic amines) is 1. The predicted molar refractivity (Wildman–Crippen MR) is 98.9 cm³/mol. The van der Waals surface area contributed by atoms with E-state index >= 15 is 0 Å². The number of benzene rings is 1. The summed E-state index contributed by atoms with van der Waals surface area (Å²) in [6, 6.07) is 8.72. The minimum Gasteiger partial charge on any atom is -0.368 e. The Balaban J connectivity index is 1.79. The molecule has 0 unspecified atom stereocenters. The number of anilines is 2. The third-order valence-electron chi connectivity index (χ3n) is 4.72. The summed E-state index contributed by atoms with van der Waals surface area (Å²) in [6.07, 6.45) is 5.38. The summed E-state index contributed by atoms with van der Waals surface area (Å²) in [5, 5.41) is 0. The highest BCUT2D eigenvalue weighted by atomic mass is 15.2. The summed E-state index contributed by atoms with van der Waals surface area (Å²) in [5.41, 5.74) is 9.69. The summed E-state index contributed by atoms with van der Waals surface area (Å²) < 4.78 is 0. The van der Waals surface area contributed by atoms with Gasteiger partial charge in [0.2, 0.25) is 5.95 Å². The molecule has 24 heavy (non-hydrogen) atoms. The molecule has 3 rings (SSSR count). The van der Waals surface area contributed by atoms with Gasteiger partial charge < -0.3 is 10.6 Å². The Kier molecular flexibility index (Phi) is 5.30. The van der Waals surface area contributed by atoms with E-state index in [4.69, 9.17) is 5.73 Å². The van der Waals surface area contributed by atoms with Crippen LogP contribution in [-0.4, -0.2) is 35.0 Å². The van der Waals surface area contributed by atoms with Crippen LogP contribution in [-0.2, 0) is 19.5 Å². The molecule has 2 N–H and O–H groups in total. The summed E-state index contributed by atoms with van der Waals surface area (Å²) in [6.45, 7) is 6.41. The van der Waals surface area contributed by atoms with Crippen LogP contribution in [0.4, 0.5) is 11.8 Å². The molecule has 0 amide bonds. The van der Waals surface area contributed by atoms with Crippen molar-refractivity contribution in [2.75, 3.05) is 30.8 Å². The van der Waals surface area contributed by atoms with Crippen molar-refractivity contribution in [3.63, 3.8) is 0 Å². The van der Waals surface area contributed by atoms with Crippen molar-refractivity contribution in [2.45, 2.75) is 39.3 Å². The average Bonchev–Trinajstić information content (AvgIpc) is 3.09. The predicted octanol–water partition coefficient (Wildman–Crippen LogP) is 2.85. The van der Waals surface area contributed by atoms with Gasteiger partial charge in [0.15, 0.2) is 0 Å². The van der Waals surface area contributed by atoms with E-state index in [-0.39, 0.29) is 0 Å². The maximum absolute atomic E-state index is 5.80. The Morgan fingerprint density at radius 3 is 2.54 bits per heavy atom. The van der Waals surface area contributed by atoms with Gasteiger partial charge >= 0.3 is 0 Å². The molecule has 5 nitrogen and oxygen atoms in total. The Hall–Kier alpha value is -2.14. The maximum Gasteiger partial charge on any atom is 0.221 e. The summed E-state index contributed by atoms with van der Waals surface area (Å²) in [4.78, 5) is 13.3. The summed E-state index contributed by atoms with van der Waals surface area (Å²) >= 11 is 0. The molecule has 1 aromatic carbocycles. The molecule has 1 saturated heterocycles. The number of nitrogens with two attached hydrogens (primary N) is 1. The molecular weight excluding hydrogens is 298 g/mol. The van der Waals surface area contributed by atoms with Gasteiger partial charge in [-0.2, -0.15) is 4.98 Å². The number of rotatable bonds is 6. The smallest absolute Gasteiger partial charge is 0.221 e. The number of nitrogens with zero attached hydrogens (tertiary/aromatic N) is 4. The van der Waals surface area contributed by atoms with Crippen molar-refractivity contribution in [2.24, 2.45) is 0 Å². The molecule has 0 saturated carbocycles. The molecule has 2 aromatic rings. The molecule has 5 heteroatoms. The molecule has 0 aliphatic carbocycles. The standard InChI is InChI=1S/C19H27N5/c1-3-15-12-21-19(20)22-18(15)23(2)13-16-8-4-5-9-17(16)14-24-10-6-7-11-24/h4-5,8-9,12H,3,6-7,10-11,13-14H2,1-2H3,(H2,20,21,22). The van der Waals surface area contributed by atoms with Gasteiger partial charge in [0.1, 0.15) is 5.82 Å². The van der Waals surface area contributed by atoms with E-state index in [1.165, 1.54) is 37.1 Å². The van der Waals surface area contributed by atoms with Gasteiger partial charge in [-0.3, -0.25) is 4.90 Å². The fraction of sp³-hybridized carbons (Fsp3) is 0.474. The Bertz CT molecular complexity index is 679. The molecule has 1 aliphatic rings. The van der Waals surface area contributed by atoms with E-state index in [0.29, 0.717) is 5.95 Å². The molecule has 2 heterocycles. The second kappa shape index (κ2) is 7.62. The van der Waals surface area contributed by atoms with E-state index in [2.05, 4.69) is 58.0 Å². The van der Waals surface area contributed by atoms with Crippen molar-refractivity contribution in [1.82, 2.24) is 14.9 Å². The normalized spacial score (nSPS) is 14.9. The van der Waals surface area contributed by atoms with Crippen molar-refractivity contribution < 1.29 is 0 Å². The SMILES string of the molecule is CCc1cnc(N)nc1N(C)Cc1ccccc1CN1CCCC1. The van der Waals surface area contributed by atoms with Crippen LogP contribution in [0, 0.1) is 0 Å². The molecule has 1 fully saturated rings. The van der Waals surface area contributed by atoms with Crippen LogP contribution >= 0.6 is 0 Å². The first-order valence-electron chi connectivity index (χ1n) is 8.79. The van der Waals surface area contributed by atoms with E-state index in [1.54, 1.807) is 0 Å². The van der Waals surface area contributed by atoms with Crippen LogP contribution in [0.3, 0.4) is 0 Å². The zero-order valence-electron chi connectivity index (χ0n) is 14.7. The van der Waals surface area contributed by atoms with Crippen molar-refractivity contribution >= 4 is 11.8 Å². The quantitative estimate of drug-likeness (QED) is 0.885. The highest BCUT2D eigenvalue weighted by molar-refractivity contribution is 5.49. The molecule has 128 valence electrons. The number of nitrogen functional groups attached to an aromatic ring is 1. The lowest BCUT2D eigenvalue weighted by Crippen LogP contribution is -2.23. The van der Waals surface area contributed by atoms with Crippen LogP contribution < -0.4 is 10.6 Å². The topological polar surface area (TPSA) is 58.3 Å². The van der Waals surface area contributed by atoms with E-state index < -0.39 is 0 Å². The van der Waals surface area contributed by atoms with E-state index in [0.717, 1.165) is 30.9 Å². The maximum atomic E-state index is 5.80. The van der Waals surface area contributed by atoms with Crippen molar-refractivity contribution in [3.05, 3.63) is 47.2 Å². The van der Waals surface area contributed by atoms with Gasteiger partial charge in [-0.05, 0) is 43.5 Å². The second-order valence-corrected chi connectivity index (χ2v) is 6.54. The molecule has 1 aromatic heterocycles. The molecular formula is C19H27N5. The number of hydrogen-bond acceptors (Lipinski definition) is 5. The van der Waals surface area contributed by atoms with Gasteiger partial charge in [0.25, 0.3) is 0 Å². The van der Waals surface area contributed by atoms with Crippen molar-refractivity contribution in [3.8, 4) is 0 Å². The lowest BCUT2D eigenvalue weighted by molar-refractivity contribution is 0.330. The second-order valence-electron chi connectivity index (χ2n) is 6.54. The van der Waals surface area contributed by atoms with Gasteiger partial charge in [0, 0.05) is 31.9 Å². The third kappa shape index (κ3) is 3.85.